The fraction of sp³-hybridized carbons (Fsp3) is 0.0909. The molecule has 1 N–H and O–H groups in total. The average molecular weight is 629 g/mol. The number of hydrogen-bond donors (Lipinski definition) is 1. The number of carbonyl (C=O) groups excluding carboxylic acids is 1. The van der Waals surface area contributed by atoms with E-state index in [0.717, 1.165) is 11.3 Å². The third kappa shape index (κ3) is 5.41. The molecule has 0 radical (unpaired) electrons. The molecule has 0 bridgehead atoms. The number of aromatic carboxylic acids is 1. The third-order valence-corrected chi connectivity index (χ3v) is 8.25. The van der Waals surface area contributed by atoms with E-state index in [1.165, 1.54) is 47.0 Å². The number of carbonyl (C=O) groups is 2. The van der Waals surface area contributed by atoms with Gasteiger partial charge in [-0.25, -0.2) is 19.0 Å². The zero-order chi connectivity index (χ0) is 31.0. The van der Waals surface area contributed by atoms with Crippen LogP contribution in [0.5, 0.6) is 0 Å². The molecule has 3 heterocycles. The normalized spacial score (nSPS) is 14.7. The highest BCUT2D eigenvalue weighted by Gasteiger charge is 2.35. The number of esters is 1. The maximum absolute atomic E-state index is 14.0. The Balaban J connectivity index is 1.54. The van der Waals surface area contributed by atoms with Crippen LogP contribution in [0.15, 0.2) is 105 Å². The molecule has 1 aliphatic heterocycles. The van der Waals surface area contributed by atoms with Crippen LogP contribution in [-0.4, -0.2) is 28.2 Å². The Bertz CT molecular complexity index is 2130. The SMILES string of the molecule is CCOC(=O)C1=C(c2ccccc2)N=c2s/c(=C\c3ccc(-c4cc(C(=O)O)ccc4Cl)o3)c(=O)n2[C@@H]1c1ccc(F)cc1. The summed E-state index contributed by atoms with van der Waals surface area (Å²) in [5, 5.41) is 9.67. The number of rotatable bonds is 7. The lowest BCUT2D eigenvalue weighted by Crippen LogP contribution is -2.40. The molecule has 1 atom stereocenters. The Kier molecular flexibility index (Phi) is 7.86. The standard InChI is InChI=1S/C33H22ClFN2O6S/c1-2-42-32(41)27-28(18-6-4-3-5-7-18)36-33-37(29(27)19-8-11-21(35)12-9-19)30(38)26(44-33)17-22-13-15-25(43-22)23-16-20(31(39)40)10-14-24(23)34/h3-17,29H,2H2,1H3,(H,39,40)/b26-17-/t29-/m1/s1. The smallest absolute Gasteiger partial charge is 0.338 e. The number of hydrogen-bond acceptors (Lipinski definition) is 7. The first-order valence-electron chi connectivity index (χ1n) is 13.4. The molecule has 0 fully saturated rings. The van der Waals surface area contributed by atoms with E-state index >= 15 is 0 Å². The van der Waals surface area contributed by atoms with E-state index in [0.29, 0.717) is 43.7 Å². The summed E-state index contributed by atoms with van der Waals surface area (Å²) in [6.07, 6.45) is 1.54. The van der Waals surface area contributed by atoms with E-state index in [9.17, 15) is 23.9 Å². The van der Waals surface area contributed by atoms with Crippen LogP contribution in [0.25, 0.3) is 23.1 Å². The number of fused-ring (bicyclic) bond motifs is 1. The lowest BCUT2D eigenvalue weighted by molar-refractivity contribution is -0.138. The Morgan fingerprint density at radius 2 is 1.84 bits per heavy atom. The number of ether oxygens (including phenoxy) is 1. The summed E-state index contributed by atoms with van der Waals surface area (Å²) in [6, 6.07) is 21.3. The monoisotopic (exact) mass is 628 g/mol. The third-order valence-electron chi connectivity index (χ3n) is 6.94. The van der Waals surface area contributed by atoms with E-state index < -0.39 is 29.4 Å². The van der Waals surface area contributed by atoms with E-state index in [-0.39, 0.29) is 22.3 Å². The van der Waals surface area contributed by atoms with E-state index in [1.54, 1.807) is 25.1 Å². The topological polar surface area (TPSA) is 111 Å². The Labute approximate surface area is 258 Å². The Hall–Kier alpha value is -5.06. The van der Waals surface area contributed by atoms with Gasteiger partial charge in [-0.3, -0.25) is 9.36 Å². The van der Waals surface area contributed by atoms with Crippen molar-refractivity contribution in [2.24, 2.45) is 4.99 Å². The largest absolute Gasteiger partial charge is 0.478 e. The van der Waals surface area contributed by atoms with Gasteiger partial charge in [-0.1, -0.05) is 65.4 Å². The van der Waals surface area contributed by atoms with Gasteiger partial charge in [0, 0.05) is 17.2 Å². The summed E-state index contributed by atoms with van der Waals surface area (Å²) >= 11 is 7.42. The number of thiazole rings is 1. The quantitative estimate of drug-likeness (QED) is 0.232. The number of carboxylic acids is 1. The molecule has 0 amide bonds. The van der Waals surface area contributed by atoms with Gasteiger partial charge in [0.1, 0.15) is 17.3 Å². The van der Waals surface area contributed by atoms with Crippen LogP contribution in [0.4, 0.5) is 4.39 Å². The lowest BCUT2D eigenvalue weighted by atomic mass is 9.93. The van der Waals surface area contributed by atoms with E-state index in [2.05, 4.69) is 0 Å². The molecule has 0 aliphatic carbocycles. The lowest BCUT2D eigenvalue weighted by Gasteiger charge is -2.25. The van der Waals surface area contributed by atoms with Crippen molar-refractivity contribution in [3.8, 4) is 11.3 Å². The first kappa shape index (κ1) is 29.0. The van der Waals surface area contributed by atoms with Crippen LogP contribution in [0.3, 0.4) is 0 Å². The van der Waals surface area contributed by atoms with Gasteiger partial charge in [0.05, 0.1) is 39.0 Å². The molecule has 8 nitrogen and oxygen atoms in total. The van der Waals surface area contributed by atoms with Crippen molar-refractivity contribution in [2.45, 2.75) is 13.0 Å². The number of furan rings is 1. The maximum atomic E-state index is 14.0. The van der Waals surface area contributed by atoms with Crippen LogP contribution in [0, 0.1) is 5.82 Å². The predicted octanol–water partition coefficient (Wildman–Crippen LogP) is 5.69. The molecule has 0 saturated carbocycles. The second kappa shape index (κ2) is 11.9. The molecular weight excluding hydrogens is 607 g/mol. The van der Waals surface area contributed by atoms with E-state index in [4.69, 9.17) is 25.7 Å². The van der Waals surface area contributed by atoms with Crippen molar-refractivity contribution in [3.05, 3.63) is 143 Å². The molecule has 11 heteroatoms. The molecule has 0 unspecified atom stereocenters. The number of benzene rings is 3. The van der Waals surface area contributed by atoms with Gasteiger partial charge in [-0.2, -0.15) is 0 Å². The minimum atomic E-state index is -1.11. The van der Waals surface area contributed by atoms with Gasteiger partial charge < -0.3 is 14.3 Å². The van der Waals surface area contributed by atoms with Crippen molar-refractivity contribution in [3.63, 3.8) is 0 Å². The average Bonchev–Trinajstić information content (AvgIpc) is 3.61. The zero-order valence-corrected chi connectivity index (χ0v) is 24.6. The number of carboxylic acid groups (broad SMARTS) is 1. The van der Waals surface area contributed by atoms with Crippen molar-refractivity contribution in [2.75, 3.05) is 6.61 Å². The summed E-state index contributed by atoms with van der Waals surface area (Å²) in [5.74, 6) is -1.59. The number of halogens is 2. The molecule has 1 aliphatic rings. The maximum Gasteiger partial charge on any atom is 0.338 e. The van der Waals surface area contributed by atoms with Crippen molar-refractivity contribution in [1.29, 1.82) is 0 Å². The van der Waals surface area contributed by atoms with Gasteiger partial charge in [0.15, 0.2) is 4.80 Å². The summed E-state index contributed by atoms with van der Waals surface area (Å²) < 4.78 is 27.0. The molecule has 220 valence electrons. The van der Waals surface area contributed by atoms with Crippen LogP contribution in [0.2, 0.25) is 5.02 Å². The summed E-state index contributed by atoms with van der Waals surface area (Å²) in [7, 11) is 0. The van der Waals surface area contributed by atoms with Gasteiger partial charge in [0.2, 0.25) is 0 Å². The fourth-order valence-electron chi connectivity index (χ4n) is 4.95. The summed E-state index contributed by atoms with van der Waals surface area (Å²) in [6.45, 7) is 1.79. The molecule has 3 aromatic carbocycles. The molecule has 0 spiro atoms. The summed E-state index contributed by atoms with van der Waals surface area (Å²) in [4.78, 5) is 44.0. The molecule has 44 heavy (non-hydrogen) atoms. The van der Waals surface area contributed by atoms with Crippen LogP contribution >= 0.6 is 22.9 Å². The minimum Gasteiger partial charge on any atom is -0.478 e. The van der Waals surface area contributed by atoms with Gasteiger partial charge in [0.25, 0.3) is 5.56 Å². The molecule has 5 aromatic rings. The molecule has 0 saturated heterocycles. The van der Waals surface area contributed by atoms with Crippen molar-refractivity contribution >= 4 is 46.6 Å². The van der Waals surface area contributed by atoms with Crippen LogP contribution in [-0.2, 0) is 9.53 Å². The first-order chi connectivity index (χ1) is 21.2. The first-order valence-corrected chi connectivity index (χ1v) is 14.6. The van der Waals surface area contributed by atoms with Crippen LogP contribution < -0.4 is 14.9 Å². The van der Waals surface area contributed by atoms with Crippen molar-refractivity contribution < 1.29 is 28.2 Å². The predicted molar refractivity (Wildman–Crippen MR) is 164 cm³/mol. The van der Waals surface area contributed by atoms with Crippen molar-refractivity contribution in [1.82, 2.24) is 4.57 Å². The second-order valence-corrected chi connectivity index (χ2v) is 11.1. The summed E-state index contributed by atoms with van der Waals surface area (Å²) in [5.41, 5.74) is 1.63. The highest BCUT2D eigenvalue weighted by molar-refractivity contribution is 7.07. The minimum absolute atomic E-state index is 0.0445. The highest BCUT2D eigenvalue weighted by Crippen LogP contribution is 2.35. The zero-order valence-electron chi connectivity index (χ0n) is 23.0. The second-order valence-electron chi connectivity index (χ2n) is 9.68. The van der Waals surface area contributed by atoms with Gasteiger partial charge >= 0.3 is 11.9 Å². The Morgan fingerprint density at radius 3 is 2.55 bits per heavy atom. The molecule has 2 aromatic heterocycles. The number of aromatic nitrogens is 1. The molecule has 6 rings (SSSR count). The van der Waals surface area contributed by atoms with Gasteiger partial charge in [-0.15, -0.1) is 0 Å². The van der Waals surface area contributed by atoms with E-state index in [1.807, 2.05) is 30.3 Å². The molecular formula is C33H22ClFN2O6S. The number of nitrogens with zero attached hydrogens (tertiary/aromatic N) is 2. The van der Waals surface area contributed by atoms with Gasteiger partial charge in [-0.05, 0) is 55.0 Å². The van der Waals surface area contributed by atoms with Crippen LogP contribution in [0.1, 0.15) is 40.2 Å². The fourth-order valence-corrected chi connectivity index (χ4v) is 6.14. The Morgan fingerprint density at radius 1 is 1.09 bits per heavy atom. The highest BCUT2D eigenvalue weighted by atomic mass is 35.5.